The molecule has 1 aliphatic heterocycles. The lowest BCUT2D eigenvalue weighted by Crippen LogP contribution is -2.53. The quantitative estimate of drug-likeness (QED) is 0.771. The van der Waals surface area contributed by atoms with Crippen molar-refractivity contribution < 1.29 is 9.59 Å². The monoisotopic (exact) mass is 391 g/mol. The van der Waals surface area contributed by atoms with Crippen LogP contribution in [0.3, 0.4) is 0 Å². The molecule has 1 aliphatic carbocycles. The normalized spacial score (nSPS) is 17.7. The molecule has 2 amide bonds. The fraction of sp³-hybridized carbons (Fsp3) is 0.417. The van der Waals surface area contributed by atoms with Gasteiger partial charge in [0.25, 0.3) is 0 Å². The van der Waals surface area contributed by atoms with Crippen LogP contribution in [0.15, 0.2) is 54.6 Å². The van der Waals surface area contributed by atoms with Crippen molar-refractivity contribution >= 4 is 17.5 Å². The highest BCUT2D eigenvalue weighted by Gasteiger charge is 2.58. The van der Waals surface area contributed by atoms with Gasteiger partial charge in [0.05, 0.1) is 0 Å². The summed E-state index contributed by atoms with van der Waals surface area (Å²) in [5, 5.41) is 3.00. The summed E-state index contributed by atoms with van der Waals surface area (Å²) in [7, 11) is 0. The molecule has 0 radical (unpaired) electrons. The Hall–Kier alpha value is -2.82. The number of piperazine rings is 1. The van der Waals surface area contributed by atoms with Gasteiger partial charge in [-0.15, -0.1) is 0 Å². The molecule has 2 aliphatic rings. The summed E-state index contributed by atoms with van der Waals surface area (Å²) in [5.41, 5.74) is 2.82. The maximum Gasteiger partial charge on any atom is 0.238 e. The fourth-order valence-corrected chi connectivity index (χ4v) is 4.09. The standard InChI is InChI=1S/C24H29N3O2/c1-19-6-5-9-21(18-19)26-14-16-27(17-15-26)23(29)24(11-12-24)22(28)25-13-10-20-7-3-2-4-8-20/h2-9,18H,10-17H2,1H3,(H,25,28). The summed E-state index contributed by atoms with van der Waals surface area (Å²) < 4.78 is 0. The molecular formula is C24H29N3O2. The lowest BCUT2D eigenvalue weighted by Gasteiger charge is -2.37. The fourth-order valence-electron chi connectivity index (χ4n) is 4.09. The van der Waals surface area contributed by atoms with Crippen molar-refractivity contribution in [2.75, 3.05) is 37.6 Å². The predicted molar refractivity (Wildman–Crippen MR) is 115 cm³/mol. The van der Waals surface area contributed by atoms with Gasteiger partial charge in [0.15, 0.2) is 0 Å². The van der Waals surface area contributed by atoms with Gasteiger partial charge in [0, 0.05) is 38.4 Å². The second-order valence-electron chi connectivity index (χ2n) is 8.19. The van der Waals surface area contributed by atoms with E-state index < -0.39 is 5.41 Å². The minimum Gasteiger partial charge on any atom is -0.368 e. The minimum absolute atomic E-state index is 0.0126. The van der Waals surface area contributed by atoms with Crippen molar-refractivity contribution in [1.82, 2.24) is 10.2 Å². The molecule has 0 spiro atoms. The number of rotatable bonds is 6. The van der Waals surface area contributed by atoms with E-state index in [4.69, 9.17) is 0 Å². The highest BCUT2D eigenvalue weighted by atomic mass is 16.2. The number of carbonyl (C=O) groups excluding carboxylic acids is 2. The van der Waals surface area contributed by atoms with Crippen molar-refractivity contribution in [2.24, 2.45) is 5.41 Å². The number of aryl methyl sites for hydroxylation is 1. The molecule has 1 saturated heterocycles. The Morgan fingerprint density at radius 1 is 0.966 bits per heavy atom. The van der Waals surface area contributed by atoms with E-state index in [1.165, 1.54) is 16.8 Å². The Morgan fingerprint density at radius 2 is 1.69 bits per heavy atom. The number of hydrogen-bond acceptors (Lipinski definition) is 3. The Kier molecular flexibility index (Phi) is 5.56. The van der Waals surface area contributed by atoms with Crippen LogP contribution in [0.5, 0.6) is 0 Å². The smallest absolute Gasteiger partial charge is 0.238 e. The van der Waals surface area contributed by atoms with Gasteiger partial charge in [-0.3, -0.25) is 9.59 Å². The average Bonchev–Trinajstić information content (AvgIpc) is 3.56. The zero-order valence-electron chi connectivity index (χ0n) is 17.1. The molecule has 1 heterocycles. The summed E-state index contributed by atoms with van der Waals surface area (Å²) >= 11 is 0. The van der Waals surface area contributed by atoms with Gasteiger partial charge in [-0.25, -0.2) is 0 Å². The van der Waals surface area contributed by atoms with Crippen LogP contribution < -0.4 is 10.2 Å². The first-order chi connectivity index (χ1) is 14.1. The van der Waals surface area contributed by atoms with Crippen LogP contribution >= 0.6 is 0 Å². The number of nitrogens with zero attached hydrogens (tertiary/aromatic N) is 2. The van der Waals surface area contributed by atoms with E-state index in [1.807, 2.05) is 23.1 Å². The molecule has 0 aromatic heterocycles. The van der Waals surface area contributed by atoms with Crippen molar-refractivity contribution in [3.63, 3.8) is 0 Å². The third-order valence-corrected chi connectivity index (χ3v) is 6.07. The molecular weight excluding hydrogens is 362 g/mol. The van der Waals surface area contributed by atoms with E-state index in [0.717, 1.165) is 19.5 Å². The molecule has 5 nitrogen and oxygen atoms in total. The largest absolute Gasteiger partial charge is 0.368 e. The van der Waals surface area contributed by atoms with Gasteiger partial charge < -0.3 is 15.1 Å². The maximum absolute atomic E-state index is 13.1. The number of anilines is 1. The average molecular weight is 392 g/mol. The van der Waals surface area contributed by atoms with Crippen LogP contribution in [0.2, 0.25) is 0 Å². The molecule has 2 aromatic carbocycles. The van der Waals surface area contributed by atoms with Crippen molar-refractivity contribution in [1.29, 1.82) is 0 Å². The van der Waals surface area contributed by atoms with E-state index in [2.05, 4.69) is 53.5 Å². The molecule has 1 N–H and O–H groups in total. The summed E-state index contributed by atoms with van der Waals surface area (Å²) in [6.07, 6.45) is 2.12. The Bertz CT molecular complexity index is 869. The second-order valence-corrected chi connectivity index (χ2v) is 8.19. The van der Waals surface area contributed by atoms with Crippen LogP contribution in [-0.2, 0) is 16.0 Å². The molecule has 1 saturated carbocycles. The maximum atomic E-state index is 13.1. The molecule has 0 bridgehead atoms. The highest BCUT2D eigenvalue weighted by Crippen LogP contribution is 2.47. The molecule has 0 unspecified atom stereocenters. The number of amides is 2. The topological polar surface area (TPSA) is 52.7 Å². The summed E-state index contributed by atoms with van der Waals surface area (Å²) in [6, 6.07) is 18.6. The van der Waals surface area contributed by atoms with Gasteiger partial charge in [-0.1, -0.05) is 42.5 Å². The SMILES string of the molecule is Cc1cccc(N2CCN(C(=O)C3(C(=O)NCCc4ccccc4)CC3)CC2)c1. The third-order valence-electron chi connectivity index (χ3n) is 6.07. The second kappa shape index (κ2) is 8.27. The third kappa shape index (κ3) is 4.29. The predicted octanol–water partition coefficient (Wildman–Crippen LogP) is 2.78. The van der Waals surface area contributed by atoms with E-state index in [0.29, 0.717) is 32.5 Å². The van der Waals surface area contributed by atoms with E-state index >= 15 is 0 Å². The lowest BCUT2D eigenvalue weighted by atomic mass is 10.0. The summed E-state index contributed by atoms with van der Waals surface area (Å²) in [5.74, 6) is -0.0850. The Labute approximate surface area is 172 Å². The Morgan fingerprint density at radius 3 is 2.34 bits per heavy atom. The van der Waals surface area contributed by atoms with Gasteiger partial charge in [0.2, 0.25) is 11.8 Å². The number of benzene rings is 2. The molecule has 29 heavy (non-hydrogen) atoms. The van der Waals surface area contributed by atoms with Crippen LogP contribution in [-0.4, -0.2) is 49.4 Å². The van der Waals surface area contributed by atoms with E-state index in [1.54, 1.807) is 0 Å². The number of hydrogen-bond donors (Lipinski definition) is 1. The first-order valence-corrected chi connectivity index (χ1v) is 10.5. The summed E-state index contributed by atoms with van der Waals surface area (Å²) in [6.45, 7) is 5.62. The molecule has 152 valence electrons. The Balaban J connectivity index is 1.29. The summed E-state index contributed by atoms with van der Waals surface area (Å²) in [4.78, 5) is 30.1. The van der Waals surface area contributed by atoms with Gasteiger partial charge in [-0.05, 0) is 49.4 Å². The van der Waals surface area contributed by atoms with Gasteiger partial charge >= 0.3 is 0 Å². The molecule has 2 aromatic rings. The van der Waals surface area contributed by atoms with Crippen LogP contribution in [0.1, 0.15) is 24.0 Å². The first kappa shape index (κ1) is 19.5. The number of nitrogens with one attached hydrogen (secondary N) is 1. The van der Waals surface area contributed by atoms with Crippen molar-refractivity contribution in [3.05, 3.63) is 65.7 Å². The van der Waals surface area contributed by atoms with Crippen LogP contribution in [0, 0.1) is 12.3 Å². The molecule has 0 atom stereocenters. The molecule has 4 rings (SSSR count). The number of carbonyl (C=O) groups is 2. The van der Waals surface area contributed by atoms with Crippen molar-refractivity contribution in [2.45, 2.75) is 26.2 Å². The van der Waals surface area contributed by atoms with Gasteiger partial charge in [0.1, 0.15) is 5.41 Å². The van der Waals surface area contributed by atoms with Crippen molar-refractivity contribution in [3.8, 4) is 0 Å². The zero-order chi connectivity index (χ0) is 20.3. The van der Waals surface area contributed by atoms with Crippen LogP contribution in [0.4, 0.5) is 5.69 Å². The lowest BCUT2D eigenvalue weighted by molar-refractivity contribution is -0.144. The minimum atomic E-state index is -0.817. The molecule has 2 fully saturated rings. The van der Waals surface area contributed by atoms with Crippen LogP contribution in [0.25, 0.3) is 0 Å². The zero-order valence-corrected chi connectivity index (χ0v) is 17.1. The van der Waals surface area contributed by atoms with Gasteiger partial charge in [-0.2, -0.15) is 0 Å². The molecule has 5 heteroatoms. The highest BCUT2D eigenvalue weighted by molar-refractivity contribution is 6.07. The van der Waals surface area contributed by atoms with E-state index in [9.17, 15) is 9.59 Å². The first-order valence-electron chi connectivity index (χ1n) is 10.5. The van der Waals surface area contributed by atoms with E-state index in [-0.39, 0.29) is 11.8 Å².